The van der Waals surface area contributed by atoms with Crippen molar-refractivity contribution in [1.29, 1.82) is 0 Å². The van der Waals surface area contributed by atoms with Crippen molar-refractivity contribution >= 4 is 17.9 Å². The predicted octanol–water partition coefficient (Wildman–Crippen LogP) is 3.43. The van der Waals surface area contributed by atoms with Crippen LogP contribution in [0.3, 0.4) is 0 Å². The van der Waals surface area contributed by atoms with Crippen molar-refractivity contribution in [3.63, 3.8) is 0 Å². The van der Waals surface area contributed by atoms with Crippen LogP contribution in [0.25, 0.3) is 0 Å². The number of nitrogens with zero attached hydrogens (tertiary/aromatic N) is 2. The van der Waals surface area contributed by atoms with Crippen molar-refractivity contribution in [3.8, 4) is 0 Å². The molecule has 0 bridgehead atoms. The van der Waals surface area contributed by atoms with E-state index >= 15 is 0 Å². The smallest absolute Gasteiger partial charge is 0.335 e. The molecule has 0 aliphatic carbocycles. The van der Waals surface area contributed by atoms with E-state index in [1.807, 2.05) is 0 Å². The highest BCUT2D eigenvalue weighted by Gasteiger charge is 2.18. The molecule has 1 aromatic heterocycles. The third-order valence-corrected chi connectivity index (χ3v) is 4.55. The molecule has 3 rings (SSSR count). The van der Waals surface area contributed by atoms with Gasteiger partial charge in [0.05, 0.1) is 23.6 Å². The molecule has 6 nitrogen and oxygen atoms in total. The molecule has 0 unspecified atom stereocenters. The molecule has 0 radical (unpaired) electrons. The summed E-state index contributed by atoms with van der Waals surface area (Å²) in [6.07, 6.45) is 4.36. The molecule has 1 fully saturated rings. The first-order valence-electron chi connectivity index (χ1n) is 8.45. The van der Waals surface area contributed by atoms with Crippen LogP contribution in [-0.4, -0.2) is 34.6 Å². The van der Waals surface area contributed by atoms with Gasteiger partial charge in [-0.1, -0.05) is 0 Å². The molecule has 1 aliphatic heterocycles. The van der Waals surface area contributed by atoms with Crippen molar-refractivity contribution in [2.24, 2.45) is 5.10 Å². The molecular weight excluding hydrogens is 318 g/mol. The minimum Gasteiger partial charge on any atom is -0.478 e. The van der Waals surface area contributed by atoms with Gasteiger partial charge >= 0.3 is 5.97 Å². The van der Waals surface area contributed by atoms with Gasteiger partial charge in [0.15, 0.2) is 0 Å². The summed E-state index contributed by atoms with van der Waals surface area (Å²) < 4.78 is 8.01. The van der Waals surface area contributed by atoms with E-state index in [4.69, 9.17) is 9.84 Å². The number of rotatable bonds is 6. The van der Waals surface area contributed by atoms with E-state index in [1.54, 1.807) is 30.5 Å². The number of carboxylic acids is 1. The summed E-state index contributed by atoms with van der Waals surface area (Å²) in [7, 11) is 0. The number of ether oxygens (including phenoxy) is 1. The van der Waals surface area contributed by atoms with Crippen molar-refractivity contribution in [1.82, 2.24) is 4.57 Å². The van der Waals surface area contributed by atoms with Crippen LogP contribution in [0.1, 0.15) is 40.2 Å². The van der Waals surface area contributed by atoms with Crippen LogP contribution in [0.15, 0.2) is 35.4 Å². The van der Waals surface area contributed by atoms with Gasteiger partial charge in [0.1, 0.15) is 0 Å². The van der Waals surface area contributed by atoms with Crippen LogP contribution in [0.2, 0.25) is 0 Å². The lowest BCUT2D eigenvalue weighted by Gasteiger charge is -2.14. The van der Waals surface area contributed by atoms with Crippen LogP contribution in [0.4, 0.5) is 5.69 Å². The van der Waals surface area contributed by atoms with Gasteiger partial charge in [-0.25, -0.2) is 4.79 Å². The van der Waals surface area contributed by atoms with Gasteiger partial charge < -0.3 is 14.4 Å². The maximum atomic E-state index is 10.8. The number of hydrogen-bond donors (Lipinski definition) is 2. The molecule has 0 amide bonds. The minimum atomic E-state index is -0.936. The lowest BCUT2D eigenvalue weighted by atomic mass is 10.2. The Labute approximate surface area is 147 Å². The van der Waals surface area contributed by atoms with Gasteiger partial charge in [0.2, 0.25) is 0 Å². The fourth-order valence-electron chi connectivity index (χ4n) is 3.10. The van der Waals surface area contributed by atoms with Gasteiger partial charge in [-0.05, 0) is 57.0 Å². The molecule has 6 heteroatoms. The van der Waals surface area contributed by atoms with E-state index in [9.17, 15) is 4.79 Å². The lowest BCUT2D eigenvalue weighted by Crippen LogP contribution is -2.16. The predicted molar refractivity (Wildman–Crippen MR) is 97.5 cm³/mol. The SMILES string of the molecule is Cc1cc(/C=N\Nc2ccc(C(=O)O)cc2)c(C)n1C[C@@H]1CCCO1. The second kappa shape index (κ2) is 7.53. The average Bonchev–Trinajstić information content (AvgIpc) is 3.20. The van der Waals surface area contributed by atoms with Gasteiger partial charge in [0.25, 0.3) is 0 Å². The molecule has 1 atom stereocenters. The number of benzene rings is 1. The Morgan fingerprint density at radius 3 is 2.80 bits per heavy atom. The Kier molecular flexibility index (Phi) is 5.19. The van der Waals surface area contributed by atoms with Gasteiger partial charge in [-0.3, -0.25) is 5.43 Å². The quantitative estimate of drug-likeness (QED) is 0.623. The minimum absolute atomic E-state index is 0.257. The second-order valence-corrected chi connectivity index (χ2v) is 6.32. The number of aromatic carboxylic acids is 1. The second-order valence-electron chi connectivity index (χ2n) is 6.32. The molecule has 1 aromatic carbocycles. The Hall–Kier alpha value is -2.60. The number of aryl methyl sites for hydroxylation is 1. The third kappa shape index (κ3) is 4.09. The number of carboxylic acid groups (broad SMARTS) is 1. The molecular formula is C19H23N3O3. The summed E-state index contributed by atoms with van der Waals surface area (Å²) in [6.45, 7) is 5.93. The fourth-order valence-corrected chi connectivity index (χ4v) is 3.10. The monoisotopic (exact) mass is 341 g/mol. The largest absolute Gasteiger partial charge is 0.478 e. The summed E-state index contributed by atoms with van der Waals surface area (Å²) in [5.41, 5.74) is 7.35. The van der Waals surface area contributed by atoms with E-state index in [0.717, 1.165) is 37.2 Å². The molecule has 132 valence electrons. The maximum Gasteiger partial charge on any atom is 0.335 e. The zero-order valence-corrected chi connectivity index (χ0v) is 14.5. The molecule has 2 heterocycles. The highest BCUT2D eigenvalue weighted by Crippen LogP contribution is 2.19. The van der Waals surface area contributed by atoms with Gasteiger partial charge in [-0.2, -0.15) is 5.10 Å². The number of aromatic nitrogens is 1. The summed E-state index contributed by atoms with van der Waals surface area (Å²) in [6, 6.07) is 8.60. The molecule has 2 aromatic rings. The van der Waals surface area contributed by atoms with E-state index in [-0.39, 0.29) is 5.56 Å². The first-order chi connectivity index (χ1) is 12.0. The molecule has 0 saturated carbocycles. The van der Waals surface area contributed by atoms with E-state index in [0.29, 0.717) is 6.10 Å². The van der Waals surface area contributed by atoms with Crippen LogP contribution in [0.5, 0.6) is 0 Å². The summed E-state index contributed by atoms with van der Waals surface area (Å²) in [5.74, 6) is -0.936. The Morgan fingerprint density at radius 2 is 2.16 bits per heavy atom. The number of anilines is 1. The standard InChI is InChI=1S/C19H23N3O3/c1-13-10-16(14(2)22(13)12-18-4-3-9-25-18)11-20-21-17-7-5-15(6-8-17)19(23)24/h5-8,10-11,18,21H,3-4,9,12H2,1-2H3,(H,23,24)/b20-11-/t18-/m0/s1. The van der Waals surface area contributed by atoms with Crippen molar-refractivity contribution in [2.75, 3.05) is 12.0 Å². The molecule has 1 aliphatic rings. The molecule has 25 heavy (non-hydrogen) atoms. The Morgan fingerprint density at radius 1 is 1.40 bits per heavy atom. The van der Waals surface area contributed by atoms with Crippen LogP contribution in [0, 0.1) is 13.8 Å². The van der Waals surface area contributed by atoms with Crippen LogP contribution >= 0.6 is 0 Å². The number of hydrazone groups is 1. The van der Waals surface area contributed by atoms with Crippen molar-refractivity contribution in [2.45, 2.75) is 39.3 Å². The first-order valence-corrected chi connectivity index (χ1v) is 8.45. The van der Waals surface area contributed by atoms with E-state index in [1.165, 1.54) is 11.4 Å². The summed E-state index contributed by atoms with van der Waals surface area (Å²) in [5, 5.41) is 13.2. The zero-order chi connectivity index (χ0) is 17.8. The normalized spacial score (nSPS) is 17.3. The van der Waals surface area contributed by atoms with Crippen molar-refractivity contribution < 1.29 is 14.6 Å². The highest BCUT2D eigenvalue weighted by atomic mass is 16.5. The topological polar surface area (TPSA) is 75.9 Å². The van der Waals surface area contributed by atoms with Gasteiger partial charge in [-0.15, -0.1) is 0 Å². The molecule has 0 spiro atoms. The van der Waals surface area contributed by atoms with Gasteiger partial charge in [0, 0.05) is 30.1 Å². The number of nitrogens with one attached hydrogen (secondary N) is 1. The van der Waals surface area contributed by atoms with Crippen molar-refractivity contribution in [3.05, 3.63) is 52.8 Å². The third-order valence-electron chi connectivity index (χ3n) is 4.55. The lowest BCUT2D eigenvalue weighted by molar-refractivity contribution is 0.0697. The molecule has 2 N–H and O–H groups in total. The maximum absolute atomic E-state index is 10.8. The number of carbonyl (C=O) groups is 1. The first kappa shape index (κ1) is 17.2. The zero-order valence-electron chi connectivity index (χ0n) is 14.5. The summed E-state index contributed by atoms with van der Waals surface area (Å²) in [4.78, 5) is 10.8. The highest BCUT2D eigenvalue weighted by molar-refractivity contribution is 5.88. The number of hydrogen-bond acceptors (Lipinski definition) is 4. The fraction of sp³-hybridized carbons (Fsp3) is 0.368. The van der Waals surface area contributed by atoms with E-state index < -0.39 is 5.97 Å². The summed E-state index contributed by atoms with van der Waals surface area (Å²) >= 11 is 0. The Balaban J connectivity index is 1.65. The average molecular weight is 341 g/mol. The van der Waals surface area contributed by atoms with E-state index in [2.05, 4.69) is 35.0 Å². The Bertz CT molecular complexity index is 772. The van der Waals surface area contributed by atoms with Crippen LogP contribution in [-0.2, 0) is 11.3 Å². The van der Waals surface area contributed by atoms with Crippen LogP contribution < -0.4 is 5.43 Å². The molecule has 1 saturated heterocycles.